The Bertz CT molecular complexity index is 801. The van der Waals surface area contributed by atoms with Crippen LogP contribution in [0.25, 0.3) is 11.1 Å². The highest BCUT2D eigenvalue weighted by atomic mass is 31.2. The minimum Gasteiger partial charge on any atom is -0.421 e. The van der Waals surface area contributed by atoms with Gasteiger partial charge in [-0.2, -0.15) is 0 Å². The average Bonchev–Trinajstić information content (AvgIpc) is 2.56. The molecular weight excluding hydrogens is 295 g/mol. The smallest absolute Gasteiger partial charge is 0.408 e. The van der Waals surface area contributed by atoms with Gasteiger partial charge in [-0.15, -0.1) is 0 Å². The number of benzene rings is 3. The molecule has 4 heteroatoms. The Kier molecular flexibility index (Phi) is 4.10. The minimum atomic E-state index is -3.97. The van der Waals surface area contributed by atoms with Gasteiger partial charge < -0.3 is 9.42 Å². The van der Waals surface area contributed by atoms with Crippen LogP contribution in [-0.2, 0) is 4.57 Å². The SMILES string of the molecule is O=P(O)(Oc1ccccc1)c1ccccc1-c1ccccc1. The molecule has 0 radical (unpaired) electrons. The average molecular weight is 310 g/mol. The predicted octanol–water partition coefficient (Wildman–Crippen LogP) is 4.24. The van der Waals surface area contributed by atoms with Crippen LogP contribution in [0, 0.1) is 0 Å². The molecule has 1 atom stereocenters. The summed E-state index contributed by atoms with van der Waals surface area (Å²) < 4.78 is 18.1. The van der Waals surface area contributed by atoms with Gasteiger partial charge in [0.15, 0.2) is 0 Å². The third-order valence-corrected chi connectivity index (χ3v) is 4.72. The van der Waals surface area contributed by atoms with Crippen LogP contribution >= 0.6 is 7.60 Å². The van der Waals surface area contributed by atoms with E-state index >= 15 is 0 Å². The molecule has 3 aromatic rings. The summed E-state index contributed by atoms with van der Waals surface area (Å²) in [6, 6.07) is 25.2. The van der Waals surface area contributed by atoms with Crippen LogP contribution < -0.4 is 9.83 Å². The van der Waals surface area contributed by atoms with Crippen molar-refractivity contribution in [1.82, 2.24) is 0 Å². The molecule has 3 nitrogen and oxygen atoms in total. The highest BCUT2D eigenvalue weighted by molar-refractivity contribution is 7.62. The Morgan fingerprint density at radius 1 is 0.727 bits per heavy atom. The van der Waals surface area contributed by atoms with Gasteiger partial charge in [0.05, 0.1) is 5.30 Å². The van der Waals surface area contributed by atoms with Gasteiger partial charge in [-0.25, -0.2) is 4.57 Å². The number of hydrogen-bond acceptors (Lipinski definition) is 2. The second kappa shape index (κ2) is 6.18. The largest absolute Gasteiger partial charge is 0.421 e. The first-order valence-electron chi connectivity index (χ1n) is 6.89. The second-order valence-electron chi connectivity index (χ2n) is 4.81. The summed E-state index contributed by atoms with van der Waals surface area (Å²) in [6.07, 6.45) is 0. The lowest BCUT2D eigenvalue weighted by atomic mass is 10.1. The number of hydrogen-bond donors (Lipinski definition) is 1. The van der Waals surface area contributed by atoms with E-state index < -0.39 is 7.60 Å². The normalized spacial score (nSPS) is 13.3. The van der Waals surface area contributed by atoms with E-state index in [0.717, 1.165) is 5.56 Å². The van der Waals surface area contributed by atoms with Gasteiger partial charge in [-0.05, 0) is 29.3 Å². The lowest BCUT2D eigenvalue weighted by Crippen LogP contribution is -2.12. The van der Waals surface area contributed by atoms with E-state index in [1.807, 2.05) is 48.5 Å². The van der Waals surface area contributed by atoms with Crippen molar-refractivity contribution in [2.24, 2.45) is 0 Å². The summed E-state index contributed by atoms with van der Waals surface area (Å²) in [7, 11) is -3.97. The summed E-state index contributed by atoms with van der Waals surface area (Å²) >= 11 is 0. The molecule has 3 aromatic carbocycles. The van der Waals surface area contributed by atoms with E-state index in [1.165, 1.54) is 0 Å². The molecule has 3 rings (SSSR count). The second-order valence-corrected chi connectivity index (χ2v) is 6.51. The van der Waals surface area contributed by atoms with E-state index in [4.69, 9.17) is 4.52 Å². The molecule has 1 unspecified atom stereocenters. The lowest BCUT2D eigenvalue weighted by molar-refractivity contribution is 0.393. The lowest BCUT2D eigenvalue weighted by Gasteiger charge is -2.17. The maximum absolute atomic E-state index is 12.7. The van der Waals surface area contributed by atoms with Gasteiger partial charge >= 0.3 is 7.60 Å². The quantitative estimate of drug-likeness (QED) is 0.733. The highest BCUT2D eigenvalue weighted by Crippen LogP contribution is 2.44. The van der Waals surface area contributed by atoms with Crippen molar-refractivity contribution in [3.8, 4) is 16.9 Å². The molecule has 0 aromatic heterocycles. The molecule has 0 aliphatic rings. The Labute approximate surface area is 129 Å². The van der Waals surface area contributed by atoms with Crippen molar-refractivity contribution in [2.75, 3.05) is 0 Å². The van der Waals surface area contributed by atoms with Gasteiger partial charge in [0.1, 0.15) is 5.75 Å². The highest BCUT2D eigenvalue weighted by Gasteiger charge is 2.27. The predicted molar refractivity (Wildman–Crippen MR) is 88.4 cm³/mol. The van der Waals surface area contributed by atoms with Gasteiger partial charge in [0, 0.05) is 0 Å². The molecule has 1 N–H and O–H groups in total. The zero-order valence-corrected chi connectivity index (χ0v) is 12.7. The van der Waals surface area contributed by atoms with E-state index in [1.54, 1.807) is 36.4 Å². The third kappa shape index (κ3) is 3.11. The van der Waals surface area contributed by atoms with Crippen LogP contribution in [0.4, 0.5) is 0 Å². The van der Waals surface area contributed by atoms with Gasteiger partial charge in [0.25, 0.3) is 0 Å². The maximum atomic E-state index is 12.7. The molecule has 0 aliphatic carbocycles. The van der Waals surface area contributed by atoms with Crippen LogP contribution in [0.2, 0.25) is 0 Å². The topological polar surface area (TPSA) is 46.5 Å². The van der Waals surface area contributed by atoms with Gasteiger partial charge in [-0.3, -0.25) is 0 Å². The molecular formula is C18H15O3P. The fourth-order valence-corrected chi connectivity index (χ4v) is 3.54. The Hall–Kier alpha value is -2.35. The Morgan fingerprint density at radius 3 is 1.95 bits per heavy atom. The van der Waals surface area contributed by atoms with Crippen molar-refractivity contribution in [3.05, 3.63) is 84.9 Å². The molecule has 0 spiro atoms. The molecule has 110 valence electrons. The van der Waals surface area contributed by atoms with Crippen molar-refractivity contribution in [1.29, 1.82) is 0 Å². The van der Waals surface area contributed by atoms with Crippen LogP contribution in [0.3, 0.4) is 0 Å². The standard InChI is InChI=1S/C18H15O3P/c19-22(20,21-16-11-5-2-6-12-16)18-14-8-7-13-17(18)15-9-3-1-4-10-15/h1-14H,(H,19,20). The van der Waals surface area contributed by atoms with Crippen molar-refractivity contribution in [3.63, 3.8) is 0 Å². The first-order valence-corrected chi connectivity index (χ1v) is 8.47. The maximum Gasteiger partial charge on any atom is 0.408 e. The molecule has 22 heavy (non-hydrogen) atoms. The van der Waals surface area contributed by atoms with Crippen LogP contribution in [-0.4, -0.2) is 4.89 Å². The van der Waals surface area contributed by atoms with E-state index in [2.05, 4.69) is 0 Å². The van der Waals surface area contributed by atoms with Crippen LogP contribution in [0.5, 0.6) is 5.75 Å². The first kappa shape index (κ1) is 14.6. The van der Waals surface area contributed by atoms with E-state index in [9.17, 15) is 9.46 Å². The summed E-state index contributed by atoms with van der Waals surface area (Å²) in [6.45, 7) is 0. The molecule has 0 bridgehead atoms. The summed E-state index contributed by atoms with van der Waals surface area (Å²) in [5, 5.41) is 0.296. The molecule has 0 fully saturated rings. The minimum absolute atomic E-state index is 0.296. The van der Waals surface area contributed by atoms with Crippen LogP contribution in [0.1, 0.15) is 0 Å². The van der Waals surface area contributed by atoms with Crippen molar-refractivity contribution >= 4 is 12.9 Å². The molecule has 0 heterocycles. The van der Waals surface area contributed by atoms with E-state index in [0.29, 0.717) is 16.6 Å². The van der Waals surface area contributed by atoms with Crippen LogP contribution in [0.15, 0.2) is 84.9 Å². The third-order valence-electron chi connectivity index (χ3n) is 3.27. The molecule has 0 amide bonds. The summed E-state index contributed by atoms with van der Waals surface area (Å²) in [5.41, 5.74) is 1.58. The molecule has 0 saturated carbocycles. The zero-order chi connectivity index (χ0) is 15.4. The first-order chi connectivity index (χ1) is 10.7. The molecule has 0 saturated heterocycles. The zero-order valence-electron chi connectivity index (χ0n) is 11.8. The van der Waals surface area contributed by atoms with Gasteiger partial charge in [0.2, 0.25) is 0 Å². The fourth-order valence-electron chi connectivity index (χ4n) is 2.26. The number of rotatable bonds is 4. The Morgan fingerprint density at radius 2 is 1.27 bits per heavy atom. The summed E-state index contributed by atoms with van der Waals surface area (Å²) in [4.78, 5) is 10.4. The summed E-state index contributed by atoms with van der Waals surface area (Å²) in [5.74, 6) is 0.371. The number of para-hydroxylation sites is 1. The van der Waals surface area contributed by atoms with E-state index in [-0.39, 0.29) is 0 Å². The van der Waals surface area contributed by atoms with Crippen molar-refractivity contribution < 1.29 is 14.0 Å². The Balaban J connectivity index is 2.03. The fraction of sp³-hybridized carbons (Fsp3) is 0. The molecule has 0 aliphatic heterocycles. The monoisotopic (exact) mass is 310 g/mol. The van der Waals surface area contributed by atoms with Gasteiger partial charge in [-0.1, -0.05) is 66.7 Å². The van der Waals surface area contributed by atoms with Crippen molar-refractivity contribution in [2.45, 2.75) is 0 Å².